The Bertz CT molecular complexity index is 2500. The van der Waals surface area contributed by atoms with Crippen molar-refractivity contribution in [1.29, 1.82) is 0 Å². The summed E-state index contributed by atoms with van der Waals surface area (Å²) in [6.45, 7) is 2.09. The van der Waals surface area contributed by atoms with Crippen molar-refractivity contribution < 1.29 is 4.42 Å². The minimum atomic E-state index is 0.682. The number of hydrogen-bond donors (Lipinski definition) is 0. The summed E-state index contributed by atoms with van der Waals surface area (Å²) in [6, 6.07) is 50.8. The van der Waals surface area contributed by atoms with Gasteiger partial charge in [0.2, 0.25) is 0 Å². The summed E-state index contributed by atoms with van der Waals surface area (Å²) < 4.78 is 8.96. The van der Waals surface area contributed by atoms with Crippen LogP contribution in [0.4, 0.5) is 0 Å². The van der Waals surface area contributed by atoms with Crippen molar-refractivity contribution in [3.8, 4) is 39.5 Å². The molecule has 0 atom stereocenters. The van der Waals surface area contributed by atoms with E-state index in [1.807, 2.05) is 24.3 Å². The number of fused-ring (bicyclic) bond motifs is 6. The van der Waals surface area contributed by atoms with Crippen LogP contribution in [0.3, 0.4) is 0 Å². The molecule has 212 valence electrons. The summed E-state index contributed by atoms with van der Waals surface area (Å²) in [5, 5.41) is 3.48. The highest BCUT2D eigenvalue weighted by atomic mass is 16.3. The molecule has 9 aromatic rings. The van der Waals surface area contributed by atoms with E-state index in [1.165, 1.54) is 21.8 Å². The number of rotatable bonds is 4. The van der Waals surface area contributed by atoms with Crippen molar-refractivity contribution in [2.75, 3.05) is 0 Å². The number of para-hydroxylation sites is 2. The highest BCUT2D eigenvalue weighted by Crippen LogP contribution is 2.41. The van der Waals surface area contributed by atoms with E-state index in [0.29, 0.717) is 11.4 Å². The third-order valence-electron chi connectivity index (χ3n) is 8.66. The minimum Gasteiger partial charge on any atom is -0.452 e. The van der Waals surface area contributed by atoms with Crippen molar-refractivity contribution in [3.63, 3.8) is 0 Å². The van der Waals surface area contributed by atoms with Crippen LogP contribution >= 0.6 is 0 Å². The van der Waals surface area contributed by atoms with Crippen molar-refractivity contribution in [2.24, 2.45) is 0 Å². The van der Waals surface area contributed by atoms with Crippen LogP contribution in [-0.4, -0.2) is 14.5 Å². The van der Waals surface area contributed by atoms with Gasteiger partial charge in [0, 0.05) is 27.6 Å². The van der Waals surface area contributed by atoms with Gasteiger partial charge in [0.05, 0.1) is 16.4 Å². The van der Waals surface area contributed by atoms with Gasteiger partial charge in [0.15, 0.2) is 11.4 Å². The lowest BCUT2D eigenvalue weighted by Gasteiger charge is -2.11. The lowest BCUT2D eigenvalue weighted by Crippen LogP contribution is -1.95. The summed E-state index contributed by atoms with van der Waals surface area (Å²) in [7, 11) is 0. The molecule has 0 aliphatic rings. The van der Waals surface area contributed by atoms with E-state index in [1.54, 1.807) is 0 Å². The molecule has 0 bridgehead atoms. The molecule has 0 aliphatic carbocycles. The Morgan fingerprint density at radius 3 is 2.00 bits per heavy atom. The minimum absolute atomic E-state index is 0.682. The zero-order chi connectivity index (χ0) is 29.9. The highest BCUT2D eigenvalue weighted by molar-refractivity contribution is 6.14. The molecule has 0 saturated heterocycles. The highest BCUT2D eigenvalue weighted by Gasteiger charge is 2.21. The number of aromatic nitrogens is 3. The lowest BCUT2D eigenvalue weighted by atomic mass is 10.00. The molecule has 0 unspecified atom stereocenters. The fraction of sp³-hybridized carbons (Fsp3) is 0.0244. The number of benzene rings is 6. The van der Waals surface area contributed by atoms with Gasteiger partial charge < -0.3 is 8.98 Å². The standard InChI is InChI=1S/C41H27N3O/c1-26-12-9-16-29(24-26)41-42-38(27-13-3-2-4-14-27)40-39(43-41)37-31(20-11-23-36(37)45-40)28-15-10-17-30(25-28)44-34-21-7-5-18-32(34)33-19-6-8-22-35(33)44/h2-25H,1H3. The summed E-state index contributed by atoms with van der Waals surface area (Å²) in [6.07, 6.45) is 0. The van der Waals surface area contributed by atoms with E-state index in [2.05, 4.69) is 133 Å². The molecule has 45 heavy (non-hydrogen) atoms. The maximum absolute atomic E-state index is 6.60. The molecule has 0 saturated carbocycles. The molecule has 4 nitrogen and oxygen atoms in total. The van der Waals surface area contributed by atoms with Crippen LogP contribution in [0.2, 0.25) is 0 Å². The first kappa shape index (κ1) is 25.5. The third kappa shape index (κ3) is 4.07. The van der Waals surface area contributed by atoms with Gasteiger partial charge in [-0.3, -0.25) is 0 Å². The number of aryl methyl sites for hydroxylation is 1. The lowest BCUT2D eigenvalue weighted by molar-refractivity contribution is 0.667. The summed E-state index contributed by atoms with van der Waals surface area (Å²) in [5.74, 6) is 0.682. The SMILES string of the molecule is Cc1cccc(-c2nc(-c3ccccc3)c3oc4cccc(-c5cccc(-n6c7ccccc7c7ccccc76)c5)c4c3n2)c1. The quantitative estimate of drug-likeness (QED) is 0.209. The number of nitrogens with zero attached hydrogens (tertiary/aromatic N) is 3. The summed E-state index contributed by atoms with van der Waals surface area (Å²) in [4.78, 5) is 10.3. The fourth-order valence-corrected chi connectivity index (χ4v) is 6.65. The Labute approximate surface area is 259 Å². The molecular formula is C41H27N3O. The third-order valence-corrected chi connectivity index (χ3v) is 8.66. The summed E-state index contributed by atoms with van der Waals surface area (Å²) >= 11 is 0. The predicted molar refractivity (Wildman–Crippen MR) is 185 cm³/mol. The smallest absolute Gasteiger partial charge is 0.180 e. The van der Waals surface area contributed by atoms with Gasteiger partial charge in [0.25, 0.3) is 0 Å². The summed E-state index contributed by atoms with van der Waals surface area (Å²) in [5.41, 5.74) is 11.9. The normalized spacial score (nSPS) is 11.7. The Morgan fingerprint density at radius 1 is 0.556 bits per heavy atom. The average Bonchev–Trinajstić information content (AvgIpc) is 3.64. The van der Waals surface area contributed by atoms with E-state index >= 15 is 0 Å². The van der Waals surface area contributed by atoms with Crippen LogP contribution in [0.1, 0.15) is 5.56 Å². The zero-order valence-corrected chi connectivity index (χ0v) is 24.6. The van der Waals surface area contributed by atoms with Crippen molar-refractivity contribution in [1.82, 2.24) is 14.5 Å². The maximum Gasteiger partial charge on any atom is 0.180 e. The van der Waals surface area contributed by atoms with E-state index in [9.17, 15) is 0 Å². The van der Waals surface area contributed by atoms with Crippen LogP contribution in [-0.2, 0) is 0 Å². The molecule has 3 heterocycles. The van der Waals surface area contributed by atoms with Gasteiger partial charge in [-0.15, -0.1) is 0 Å². The van der Waals surface area contributed by atoms with Gasteiger partial charge in [-0.25, -0.2) is 9.97 Å². The average molecular weight is 578 g/mol. The zero-order valence-electron chi connectivity index (χ0n) is 24.6. The van der Waals surface area contributed by atoms with E-state index in [-0.39, 0.29) is 0 Å². The van der Waals surface area contributed by atoms with Gasteiger partial charge >= 0.3 is 0 Å². The van der Waals surface area contributed by atoms with Gasteiger partial charge in [-0.05, 0) is 54.4 Å². The first-order valence-corrected chi connectivity index (χ1v) is 15.2. The van der Waals surface area contributed by atoms with Crippen LogP contribution in [0.25, 0.3) is 83.3 Å². The van der Waals surface area contributed by atoms with E-state index < -0.39 is 0 Å². The van der Waals surface area contributed by atoms with Crippen LogP contribution in [0, 0.1) is 6.92 Å². The molecular weight excluding hydrogens is 550 g/mol. The Morgan fingerprint density at radius 2 is 1.22 bits per heavy atom. The second-order valence-corrected chi connectivity index (χ2v) is 11.5. The molecule has 3 aromatic heterocycles. The fourth-order valence-electron chi connectivity index (χ4n) is 6.65. The molecule has 0 fully saturated rings. The predicted octanol–water partition coefficient (Wildman–Crippen LogP) is 10.8. The van der Waals surface area contributed by atoms with Gasteiger partial charge in [0.1, 0.15) is 16.8 Å². The van der Waals surface area contributed by atoms with Crippen molar-refractivity contribution >= 4 is 43.9 Å². The number of furan rings is 1. The first-order chi connectivity index (χ1) is 22.2. The first-order valence-electron chi connectivity index (χ1n) is 15.2. The Kier molecular flexibility index (Phi) is 5.69. The molecule has 4 heteroatoms. The molecule has 9 rings (SSSR count). The molecule has 0 aliphatic heterocycles. The van der Waals surface area contributed by atoms with Crippen LogP contribution < -0.4 is 0 Å². The second-order valence-electron chi connectivity index (χ2n) is 11.5. The Balaban J connectivity index is 1.31. The molecule has 0 amide bonds. The molecule has 0 spiro atoms. The molecule has 6 aromatic carbocycles. The van der Waals surface area contributed by atoms with Gasteiger partial charge in [-0.1, -0.05) is 115 Å². The van der Waals surface area contributed by atoms with Crippen LogP contribution in [0.15, 0.2) is 150 Å². The van der Waals surface area contributed by atoms with E-state index in [4.69, 9.17) is 14.4 Å². The monoisotopic (exact) mass is 577 g/mol. The van der Waals surface area contributed by atoms with Crippen molar-refractivity contribution in [2.45, 2.75) is 6.92 Å². The second kappa shape index (κ2) is 10.0. The van der Waals surface area contributed by atoms with Gasteiger partial charge in [-0.2, -0.15) is 0 Å². The van der Waals surface area contributed by atoms with Crippen molar-refractivity contribution in [3.05, 3.63) is 151 Å². The maximum atomic E-state index is 6.60. The molecule has 0 radical (unpaired) electrons. The molecule has 0 N–H and O–H groups in total. The number of hydrogen-bond acceptors (Lipinski definition) is 3. The largest absolute Gasteiger partial charge is 0.452 e. The Hall–Kier alpha value is -6.00. The topological polar surface area (TPSA) is 43.9 Å². The van der Waals surface area contributed by atoms with Crippen LogP contribution in [0.5, 0.6) is 0 Å². The van der Waals surface area contributed by atoms with E-state index in [0.717, 1.165) is 55.7 Å².